The van der Waals surface area contributed by atoms with Crippen molar-refractivity contribution >= 4 is 52.0 Å². The van der Waals surface area contributed by atoms with Gasteiger partial charge in [0.15, 0.2) is 0 Å². The lowest BCUT2D eigenvalue weighted by Crippen LogP contribution is -2.01. The summed E-state index contributed by atoms with van der Waals surface area (Å²) in [5.41, 5.74) is 5.39. The van der Waals surface area contributed by atoms with E-state index in [1.165, 1.54) is 17.3 Å². The number of anilines is 2. The average Bonchev–Trinajstić information content (AvgIpc) is 3.87. The molecule has 0 spiro atoms. The normalized spacial score (nSPS) is 14.6. The minimum atomic E-state index is 0.347. The molecular formula is C39H56ClN5O2P2. The average molecular weight is 724 g/mol. The fourth-order valence-electron chi connectivity index (χ4n) is 4.76. The van der Waals surface area contributed by atoms with Gasteiger partial charge in [-0.2, -0.15) is 0 Å². The molecule has 7 nitrogen and oxygen atoms in total. The fraction of sp³-hybridized carbons (Fsp3) is 0.385. The first-order valence-electron chi connectivity index (χ1n) is 17.2. The number of hydrogen-bond donors (Lipinski definition) is 2. The highest BCUT2D eigenvalue weighted by Gasteiger charge is 2.22. The van der Waals surface area contributed by atoms with Gasteiger partial charge in [0.05, 0.1) is 36.4 Å². The number of allylic oxidation sites excluding steroid dienone is 4. The van der Waals surface area contributed by atoms with Crippen molar-refractivity contribution in [3.8, 4) is 16.9 Å². The lowest BCUT2D eigenvalue weighted by Gasteiger charge is -2.13. The van der Waals surface area contributed by atoms with E-state index in [0.29, 0.717) is 23.5 Å². The monoisotopic (exact) mass is 723 g/mol. The van der Waals surface area contributed by atoms with E-state index >= 15 is 0 Å². The van der Waals surface area contributed by atoms with Gasteiger partial charge in [-0.1, -0.05) is 77.9 Å². The summed E-state index contributed by atoms with van der Waals surface area (Å²) in [4.78, 5) is 8.98. The molecule has 4 aromatic rings. The molecule has 3 atom stereocenters. The van der Waals surface area contributed by atoms with E-state index in [-0.39, 0.29) is 0 Å². The van der Waals surface area contributed by atoms with Gasteiger partial charge in [-0.05, 0) is 92.7 Å². The predicted octanol–water partition coefficient (Wildman–Crippen LogP) is 11.2. The number of nitrogens with one attached hydrogen (secondary N) is 2. The predicted molar refractivity (Wildman–Crippen MR) is 219 cm³/mol. The second-order valence-electron chi connectivity index (χ2n) is 10.7. The number of benzene rings is 2. The van der Waals surface area contributed by atoms with Crippen molar-refractivity contribution in [3.63, 3.8) is 0 Å². The van der Waals surface area contributed by atoms with Gasteiger partial charge in [-0.25, -0.2) is 9.97 Å². The van der Waals surface area contributed by atoms with Crippen molar-refractivity contribution in [3.05, 3.63) is 102 Å². The molecule has 49 heavy (non-hydrogen) atoms. The maximum absolute atomic E-state index is 6.60. The van der Waals surface area contributed by atoms with Crippen molar-refractivity contribution in [1.29, 1.82) is 0 Å². The highest BCUT2D eigenvalue weighted by molar-refractivity contribution is 7.34. The molecule has 2 N–H and O–H groups in total. The number of ether oxygens (including phenoxy) is 2. The molecule has 0 saturated carbocycles. The Hall–Kier alpha value is -3.05. The van der Waals surface area contributed by atoms with Gasteiger partial charge < -0.3 is 24.4 Å². The lowest BCUT2D eigenvalue weighted by molar-refractivity contribution is 0.320. The summed E-state index contributed by atoms with van der Waals surface area (Å²) < 4.78 is 13.6. The van der Waals surface area contributed by atoms with Gasteiger partial charge in [0.25, 0.3) is 0 Å². The molecule has 3 unspecified atom stereocenters. The summed E-state index contributed by atoms with van der Waals surface area (Å²) in [6, 6.07) is 14.1. The number of hydrogen-bond acceptors (Lipinski definition) is 6. The molecule has 10 heteroatoms. The first kappa shape index (κ1) is 42.1. The first-order valence-corrected chi connectivity index (χ1v) is 19.7. The zero-order chi connectivity index (χ0) is 36.0. The third-order valence-electron chi connectivity index (χ3n) is 7.11. The van der Waals surface area contributed by atoms with Gasteiger partial charge in [-0.3, -0.25) is 0 Å². The van der Waals surface area contributed by atoms with Gasteiger partial charge in [-0.15, -0.1) is 15.8 Å². The number of aromatic nitrogens is 3. The molecule has 2 aromatic carbocycles. The number of halogens is 1. The lowest BCUT2D eigenvalue weighted by atomic mass is 10.1. The van der Waals surface area contributed by atoms with Crippen molar-refractivity contribution in [2.24, 2.45) is 0 Å². The SMILES string of the molecule is C=CC.CC.CC.CNPC.PC1=CCCCC(CCOc2ccc(Nc3ncnc4ccc(-c5ccn(CC6CO6)c5)cc34)cc2Cl)=C1. The van der Waals surface area contributed by atoms with E-state index in [1.54, 1.807) is 12.4 Å². The summed E-state index contributed by atoms with van der Waals surface area (Å²) in [6.07, 6.45) is 16.8. The first-order chi connectivity index (χ1) is 23.9. The second-order valence-corrected chi connectivity index (χ2v) is 12.8. The third kappa shape index (κ3) is 14.8. The van der Waals surface area contributed by atoms with Gasteiger partial charge >= 0.3 is 0 Å². The standard InChI is InChI=1S/C30H30ClN4O2P.C3H6.C2H8NP.2C2H6/c31-27-15-23(6-8-29(27)36-12-10-20-3-1-2-4-25(38)13-20)34-30-26-14-21(5-7-28(26)32-19-33-30)22-9-11-35(16-22)17-24-18-37-24;1-3-2;1-3-4-2;2*1-2/h4-9,11,13-16,19,24H,1-3,10,12,17-18,38H2,(H,32,33,34);3H,1H2,2H3;3-4H,1-2H3;2*1-2H3. The summed E-state index contributed by atoms with van der Waals surface area (Å²) in [5, 5.41) is 9.15. The number of nitrogens with zero attached hydrogens (tertiary/aromatic N) is 3. The Morgan fingerprint density at radius 3 is 2.53 bits per heavy atom. The highest BCUT2D eigenvalue weighted by Crippen LogP contribution is 2.33. The number of fused-ring (bicyclic) bond motifs is 1. The molecule has 266 valence electrons. The van der Waals surface area contributed by atoms with Crippen molar-refractivity contribution in [2.75, 3.05) is 32.2 Å². The van der Waals surface area contributed by atoms with Gasteiger partial charge in [0, 0.05) is 29.9 Å². The van der Waals surface area contributed by atoms with Crippen LogP contribution in [0, 0.1) is 0 Å². The molecule has 2 aromatic heterocycles. The maximum atomic E-state index is 6.60. The van der Waals surface area contributed by atoms with E-state index in [4.69, 9.17) is 21.1 Å². The van der Waals surface area contributed by atoms with E-state index in [9.17, 15) is 0 Å². The Morgan fingerprint density at radius 1 is 1.12 bits per heavy atom. The summed E-state index contributed by atoms with van der Waals surface area (Å²) in [5.74, 6) is 1.41. The van der Waals surface area contributed by atoms with Crippen LogP contribution in [0.5, 0.6) is 5.75 Å². The summed E-state index contributed by atoms with van der Waals surface area (Å²) in [6.45, 7) is 17.7. The van der Waals surface area contributed by atoms with Crippen LogP contribution in [-0.4, -0.2) is 47.6 Å². The summed E-state index contributed by atoms with van der Waals surface area (Å²) >= 11 is 6.60. The number of epoxide rings is 1. The van der Waals surface area contributed by atoms with Crippen molar-refractivity contribution in [2.45, 2.75) is 73.0 Å². The largest absolute Gasteiger partial charge is 0.492 e. The van der Waals surface area contributed by atoms with Crippen LogP contribution in [0.1, 0.15) is 60.3 Å². The van der Waals surface area contributed by atoms with Crippen LogP contribution in [0.25, 0.3) is 22.0 Å². The molecule has 1 saturated heterocycles. The van der Waals surface area contributed by atoms with Crippen LogP contribution in [0.4, 0.5) is 11.5 Å². The topological polar surface area (TPSA) is 76.5 Å². The molecule has 1 fully saturated rings. The van der Waals surface area contributed by atoms with E-state index in [1.807, 2.05) is 65.9 Å². The zero-order valence-electron chi connectivity index (χ0n) is 30.4. The molecule has 2 aliphatic rings. The molecule has 1 aliphatic heterocycles. The van der Waals surface area contributed by atoms with Crippen molar-refractivity contribution < 1.29 is 9.47 Å². The number of rotatable bonds is 10. The molecule has 0 bridgehead atoms. The van der Waals surface area contributed by atoms with Crippen molar-refractivity contribution in [1.82, 2.24) is 19.6 Å². The van der Waals surface area contributed by atoms with Crippen LogP contribution in [-0.2, 0) is 11.3 Å². The van der Waals surface area contributed by atoms with Gasteiger partial charge in [0.2, 0.25) is 0 Å². The molecule has 3 heterocycles. The molecule has 0 amide bonds. The minimum absolute atomic E-state index is 0.347. The van der Waals surface area contributed by atoms with Crippen LogP contribution >= 0.6 is 29.6 Å². The molecule has 0 radical (unpaired) electrons. The Kier molecular flexibility index (Phi) is 20.8. The van der Waals surface area contributed by atoms with Crippen LogP contribution in [0.3, 0.4) is 0 Å². The Balaban J connectivity index is 0.000000677. The van der Waals surface area contributed by atoms with E-state index in [0.717, 1.165) is 74.7 Å². The molecule has 6 rings (SSSR count). The van der Waals surface area contributed by atoms with Crippen LogP contribution in [0.2, 0.25) is 5.02 Å². The van der Waals surface area contributed by atoms with E-state index < -0.39 is 0 Å². The minimum Gasteiger partial charge on any atom is -0.492 e. The molecule has 1 aliphatic carbocycles. The second kappa shape index (κ2) is 24.2. The highest BCUT2D eigenvalue weighted by atomic mass is 35.5. The van der Waals surface area contributed by atoms with Crippen LogP contribution in [0.15, 0.2) is 96.9 Å². The fourth-order valence-corrected chi connectivity index (χ4v) is 5.39. The summed E-state index contributed by atoms with van der Waals surface area (Å²) in [7, 11) is 5.64. The third-order valence-corrected chi connectivity index (χ3v) is 8.31. The van der Waals surface area contributed by atoms with E-state index in [2.05, 4.69) is 90.2 Å². The quantitative estimate of drug-likeness (QED) is 0.0964. The maximum Gasteiger partial charge on any atom is 0.141 e. The smallest absolute Gasteiger partial charge is 0.141 e. The Morgan fingerprint density at radius 2 is 1.86 bits per heavy atom. The Labute approximate surface area is 304 Å². The molecular weight excluding hydrogens is 668 g/mol. The Bertz CT molecular complexity index is 1620. The zero-order valence-corrected chi connectivity index (χ0v) is 33.3. The van der Waals surface area contributed by atoms with Crippen LogP contribution < -0.4 is 15.1 Å². The van der Waals surface area contributed by atoms with Gasteiger partial charge in [0.1, 0.15) is 17.9 Å².